The first-order valence-electron chi connectivity index (χ1n) is 7.76. The van der Waals surface area contributed by atoms with E-state index in [2.05, 4.69) is 6.07 Å². The second kappa shape index (κ2) is 7.24. The fourth-order valence-corrected chi connectivity index (χ4v) is 3.72. The zero-order valence-electron chi connectivity index (χ0n) is 13.0. The van der Waals surface area contributed by atoms with E-state index in [4.69, 9.17) is 5.14 Å². The predicted molar refractivity (Wildman–Crippen MR) is 88.3 cm³/mol. The van der Waals surface area contributed by atoms with Crippen molar-refractivity contribution in [3.05, 3.63) is 29.8 Å². The average Bonchev–Trinajstić information content (AvgIpc) is 2.96. The van der Waals surface area contributed by atoms with Crippen molar-refractivity contribution in [1.29, 1.82) is 0 Å². The topological polar surface area (TPSA) is 80.5 Å². The van der Waals surface area contributed by atoms with Gasteiger partial charge in [0.1, 0.15) is 0 Å². The van der Waals surface area contributed by atoms with Crippen LogP contribution in [0, 0.1) is 0 Å². The maximum Gasteiger partial charge on any atom is 0.223 e. The summed E-state index contributed by atoms with van der Waals surface area (Å²) in [6.45, 7) is 1.89. The van der Waals surface area contributed by atoms with Gasteiger partial charge >= 0.3 is 0 Å². The van der Waals surface area contributed by atoms with Gasteiger partial charge in [0.15, 0.2) is 0 Å². The Hall–Kier alpha value is -1.40. The molecule has 0 spiro atoms. The molecule has 2 rings (SSSR count). The van der Waals surface area contributed by atoms with Crippen molar-refractivity contribution in [3.8, 4) is 0 Å². The van der Waals surface area contributed by atoms with Crippen LogP contribution in [-0.2, 0) is 14.8 Å². The highest BCUT2D eigenvalue weighted by Crippen LogP contribution is 2.38. The van der Waals surface area contributed by atoms with E-state index in [1.54, 1.807) is 4.90 Å². The van der Waals surface area contributed by atoms with Gasteiger partial charge in [-0.15, -0.1) is 0 Å². The first-order chi connectivity index (χ1) is 10.4. The van der Waals surface area contributed by atoms with Crippen molar-refractivity contribution in [3.63, 3.8) is 0 Å². The number of rotatable bonds is 6. The van der Waals surface area contributed by atoms with Gasteiger partial charge in [0.25, 0.3) is 0 Å². The Morgan fingerprint density at radius 3 is 2.50 bits per heavy atom. The first kappa shape index (κ1) is 17.0. The van der Waals surface area contributed by atoms with Crippen LogP contribution in [0.15, 0.2) is 24.3 Å². The molecule has 1 amide bonds. The number of para-hydroxylation sites is 1. The summed E-state index contributed by atoms with van der Waals surface area (Å²) < 4.78 is 22.1. The van der Waals surface area contributed by atoms with Crippen LogP contribution in [-0.4, -0.2) is 26.6 Å². The number of amides is 1. The summed E-state index contributed by atoms with van der Waals surface area (Å²) in [6, 6.07) is 7.95. The lowest BCUT2D eigenvalue weighted by Crippen LogP contribution is -2.32. The van der Waals surface area contributed by atoms with E-state index in [1.165, 1.54) is 25.3 Å². The van der Waals surface area contributed by atoms with Gasteiger partial charge in [-0.2, -0.15) is 0 Å². The highest BCUT2D eigenvalue weighted by atomic mass is 32.2. The zero-order chi connectivity index (χ0) is 16.2. The number of nitrogens with two attached hydrogens (primary N) is 1. The molecule has 22 heavy (non-hydrogen) atoms. The van der Waals surface area contributed by atoms with Crippen molar-refractivity contribution >= 4 is 21.6 Å². The number of carbonyl (C=O) groups excluding carboxylic acids is 1. The molecule has 0 aromatic heterocycles. The van der Waals surface area contributed by atoms with Gasteiger partial charge in [-0.3, -0.25) is 4.79 Å². The van der Waals surface area contributed by atoms with Gasteiger partial charge in [0.2, 0.25) is 15.9 Å². The van der Waals surface area contributed by atoms with E-state index in [0.29, 0.717) is 18.9 Å². The quantitative estimate of drug-likeness (QED) is 0.872. The number of benzene rings is 1. The Morgan fingerprint density at radius 1 is 1.27 bits per heavy atom. The maximum atomic E-state index is 12.0. The summed E-state index contributed by atoms with van der Waals surface area (Å²) >= 11 is 0. The molecular weight excluding hydrogens is 300 g/mol. The van der Waals surface area contributed by atoms with Crippen molar-refractivity contribution in [1.82, 2.24) is 0 Å². The largest absolute Gasteiger partial charge is 0.312 e. The van der Waals surface area contributed by atoms with Gasteiger partial charge in [-0.05, 0) is 36.8 Å². The molecule has 0 bridgehead atoms. The molecule has 0 atom stereocenters. The molecule has 0 heterocycles. The minimum absolute atomic E-state index is 0.0696. The monoisotopic (exact) mass is 324 g/mol. The summed E-state index contributed by atoms with van der Waals surface area (Å²) in [5, 5.41) is 5.03. The molecule has 0 saturated heterocycles. The van der Waals surface area contributed by atoms with E-state index in [9.17, 15) is 13.2 Å². The normalized spacial score (nSPS) is 15.9. The van der Waals surface area contributed by atoms with E-state index in [1.807, 2.05) is 18.2 Å². The molecule has 2 N–H and O–H groups in total. The van der Waals surface area contributed by atoms with Gasteiger partial charge in [-0.1, -0.05) is 31.0 Å². The predicted octanol–water partition coefficient (Wildman–Crippen LogP) is 2.38. The lowest BCUT2D eigenvalue weighted by Gasteiger charge is -2.26. The number of anilines is 1. The second-order valence-electron chi connectivity index (χ2n) is 5.93. The highest BCUT2D eigenvalue weighted by molar-refractivity contribution is 7.89. The smallest absolute Gasteiger partial charge is 0.223 e. The summed E-state index contributed by atoms with van der Waals surface area (Å²) in [5.74, 6) is 0.318. The number of sulfonamides is 1. The van der Waals surface area contributed by atoms with Gasteiger partial charge in [0, 0.05) is 19.2 Å². The van der Waals surface area contributed by atoms with Gasteiger partial charge in [0.05, 0.1) is 5.75 Å². The Morgan fingerprint density at radius 2 is 1.91 bits per heavy atom. The third-order valence-electron chi connectivity index (χ3n) is 4.21. The SMILES string of the molecule is CC(=O)N(CCCS(N)(=O)=O)c1ccccc1C1CCCC1. The van der Waals surface area contributed by atoms with Crippen LogP contribution in [0.5, 0.6) is 0 Å². The molecule has 1 fully saturated rings. The molecule has 5 nitrogen and oxygen atoms in total. The fraction of sp³-hybridized carbons (Fsp3) is 0.562. The van der Waals surface area contributed by atoms with Crippen LogP contribution < -0.4 is 10.0 Å². The molecule has 1 saturated carbocycles. The molecule has 122 valence electrons. The van der Waals surface area contributed by atoms with Crippen LogP contribution in [0.1, 0.15) is 50.5 Å². The van der Waals surface area contributed by atoms with E-state index >= 15 is 0 Å². The molecule has 1 aromatic rings. The van der Waals surface area contributed by atoms with Crippen LogP contribution in [0.4, 0.5) is 5.69 Å². The molecular formula is C16H24N2O3S. The minimum atomic E-state index is -3.49. The lowest BCUT2D eigenvalue weighted by atomic mass is 9.95. The average molecular weight is 324 g/mol. The molecule has 0 radical (unpaired) electrons. The molecule has 0 unspecified atom stereocenters. The Bertz CT molecular complexity index is 622. The molecule has 1 aliphatic rings. The number of hydrogen-bond donors (Lipinski definition) is 1. The Kier molecular flexibility index (Phi) is 5.58. The number of primary sulfonamides is 1. The van der Waals surface area contributed by atoms with E-state index in [-0.39, 0.29) is 11.7 Å². The number of nitrogens with zero attached hydrogens (tertiary/aromatic N) is 1. The summed E-state index contributed by atoms with van der Waals surface area (Å²) in [6.07, 6.45) is 5.10. The minimum Gasteiger partial charge on any atom is -0.312 e. The zero-order valence-corrected chi connectivity index (χ0v) is 13.8. The van der Waals surface area contributed by atoms with E-state index in [0.717, 1.165) is 18.5 Å². The van der Waals surface area contributed by atoms with Crippen molar-refractivity contribution < 1.29 is 13.2 Å². The summed E-state index contributed by atoms with van der Waals surface area (Å²) in [4.78, 5) is 13.7. The highest BCUT2D eigenvalue weighted by Gasteiger charge is 2.23. The van der Waals surface area contributed by atoms with Gasteiger partial charge in [-0.25, -0.2) is 13.6 Å². The Balaban J connectivity index is 2.19. The third-order valence-corrected chi connectivity index (χ3v) is 5.07. The lowest BCUT2D eigenvalue weighted by molar-refractivity contribution is -0.116. The molecule has 1 aromatic carbocycles. The van der Waals surface area contributed by atoms with Crippen molar-refractivity contribution in [2.75, 3.05) is 17.2 Å². The maximum absolute atomic E-state index is 12.0. The van der Waals surface area contributed by atoms with Crippen LogP contribution >= 0.6 is 0 Å². The van der Waals surface area contributed by atoms with Crippen molar-refractivity contribution in [2.45, 2.75) is 44.9 Å². The number of hydrogen-bond acceptors (Lipinski definition) is 3. The summed E-state index contributed by atoms with van der Waals surface area (Å²) in [7, 11) is -3.49. The second-order valence-corrected chi connectivity index (χ2v) is 7.67. The Labute approximate surface area is 132 Å². The first-order valence-corrected chi connectivity index (χ1v) is 9.47. The molecule has 0 aliphatic heterocycles. The summed E-state index contributed by atoms with van der Waals surface area (Å²) in [5.41, 5.74) is 2.11. The third kappa shape index (κ3) is 4.55. The van der Waals surface area contributed by atoms with Crippen LogP contribution in [0.3, 0.4) is 0 Å². The van der Waals surface area contributed by atoms with Crippen LogP contribution in [0.2, 0.25) is 0 Å². The van der Waals surface area contributed by atoms with Gasteiger partial charge < -0.3 is 4.90 Å². The molecule has 6 heteroatoms. The van der Waals surface area contributed by atoms with Crippen LogP contribution in [0.25, 0.3) is 0 Å². The van der Waals surface area contributed by atoms with E-state index < -0.39 is 10.0 Å². The standard InChI is InChI=1S/C16H24N2O3S/c1-13(19)18(11-6-12-22(17,20)21)16-10-5-4-9-15(16)14-7-2-3-8-14/h4-5,9-10,14H,2-3,6-8,11-12H2,1H3,(H2,17,20,21). The number of carbonyl (C=O) groups is 1. The van der Waals surface area contributed by atoms with Crippen molar-refractivity contribution in [2.24, 2.45) is 5.14 Å². The molecule has 1 aliphatic carbocycles. The fourth-order valence-electron chi connectivity index (χ4n) is 3.19.